The van der Waals surface area contributed by atoms with E-state index in [0.717, 1.165) is 4.47 Å². The fourth-order valence-electron chi connectivity index (χ4n) is 1.11. The van der Waals surface area contributed by atoms with Crippen molar-refractivity contribution in [3.05, 3.63) is 34.3 Å². The summed E-state index contributed by atoms with van der Waals surface area (Å²) in [6, 6.07) is 5.65. The highest BCUT2D eigenvalue weighted by molar-refractivity contribution is 9.10. The van der Waals surface area contributed by atoms with Gasteiger partial charge in [-0.1, -0.05) is 28.1 Å². The third-order valence-electron chi connectivity index (χ3n) is 1.86. The molecule has 5 heteroatoms. The Morgan fingerprint density at radius 3 is 2.33 bits per heavy atom. The van der Waals surface area contributed by atoms with Gasteiger partial charge in [0.15, 0.2) is 5.78 Å². The molecule has 1 unspecified atom stereocenters. The minimum atomic E-state index is -1.08. The molecule has 0 fully saturated rings. The molecule has 0 radical (unpaired) electrons. The van der Waals surface area contributed by atoms with E-state index in [1.54, 1.807) is 24.3 Å². The molecule has 80 valence electrons. The Bertz CT molecular complexity index is 375. The molecule has 0 aromatic heterocycles. The van der Waals surface area contributed by atoms with Crippen molar-refractivity contribution in [3.63, 3.8) is 0 Å². The van der Waals surface area contributed by atoms with Crippen molar-refractivity contribution in [2.45, 2.75) is 12.5 Å². The summed E-state index contributed by atoms with van der Waals surface area (Å²) >= 11 is 3.24. The Morgan fingerprint density at radius 1 is 1.33 bits per heavy atom. The molecule has 0 saturated heterocycles. The summed E-state index contributed by atoms with van der Waals surface area (Å²) in [6.45, 7) is 0. The van der Waals surface area contributed by atoms with E-state index in [2.05, 4.69) is 15.9 Å². The molecule has 0 spiro atoms. The molecule has 0 aliphatic heterocycles. The van der Waals surface area contributed by atoms with Crippen molar-refractivity contribution < 1.29 is 14.7 Å². The highest BCUT2D eigenvalue weighted by atomic mass is 79.9. The van der Waals surface area contributed by atoms with Crippen molar-refractivity contribution in [1.82, 2.24) is 0 Å². The van der Waals surface area contributed by atoms with Crippen LogP contribution in [0.25, 0.3) is 0 Å². The zero-order valence-corrected chi connectivity index (χ0v) is 9.40. The lowest BCUT2D eigenvalue weighted by atomic mass is 10.0. The van der Waals surface area contributed by atoms with Crippen LogP contribution < -0.4 is 5.73 Å². The van der Waals surface area contributed by atoms with Crippen molar-refractivity contribution in [2.75, 3.05) is 0 Å². The van der Waals surface area contributed by atoms with Crippen LogP contribution in [0.5, 0.6) is 0 Å². The zero-order chi connectivity index (χ0) is 11.4. The number of halogens is 1. The van der Waals surface area contributed by atoms with Crippen LogP contribution in [0, 0.1) is 0 Å². The number of carboxylic acids is 1. The average Bonchev–Trinajstić information content (AvgIpc) is 2.17. The lowest BCUT2D eigenvalue weighted by molar-refractivity contribution is -0.137. The average molecular weight is 272 g/mol. The lowest BCUT2D eigenvalue weighted by Crippen LogP contribution is -2.32. The fraction of sp³-hybridized carbons (Fsp3) is 0.200. The summed E-state index contributed by atoms with van der Waals surface area (Å²) in [4.78, 5) is 21.9. The number of hydrogen-bond acceptors (Lipinski definition) is 3. The van der Waals surface area contributed by atoms with Crippen LogP contribution in [0.1, 0.15) is 16.8 Å². The molecule has 0 bridgehead atoms. The molecule has 0 aliphatic rings. The second kappa shape index (κ2) is 5.04. The van der Waals surface area contributed by atoms with Gasteiger partial charge in [-0.2, -0.15) is 0 Å². The zero-order valence-electron chi connectivity index (χ0n) is 7.81. The van der Waals surface area contributed by atoms with Gasteiger partial charge in [-0.25, -0.2) is 0 Å². The van der Waals surface area contributed by atoms with Gasteiger partial charge in [0.1, 0.15) is 0 Å². The van der Waals surface area contributed by atoms with E-state index < -0.39 is 12.0 Å². The second-order valence-electron chi connectivity index (χ2n) is 3.08. The van der Waals surface area contributed by atoms with Gasteiger partial charge in [0.05, 0.1) is 12.5 Å². The highest BCUT2D eigenvalue weighted by Crippen LogP contribution is 2.12. The molecular weight excluding hydrogens is 262 g/mol. The molecule has 0 saturated carbocycles. The number of Topliss-reactive ketones (excluding diaryl/α,β-unsaturated/α-hetero) is 1. The molecule has 0 heterocycles. The molecule has 1 rings (SSSR count). The summed E-state index contributed by atoms with van der Waals surface area (Å²) in [7, 11) is 0. The minimum Gasteiger partial charge on any atom is -0.481 e. The van der Waals surface area contributed by atoms with Crippen LogP contribution in [0.3, 0.4) is 0 Å². The standard InChI is InChI=1S/C10H10BrNO3/c11-7-3-1-6(2-4-7)10(15)8(12)5-9(13)14/h1-4,8H,5,12H2,(H,13,14). The van der Waals surface area contributed by atoms with Gasteiger partial charge < -0.3 is 10.8 Å². The highest BCUT2D eigenvalue weighted by Gasteiger charge is 2.18. The Balaban J connectivity index is 2.76. The second-order valence-corrected chi connectivity index (χ2v) is 3.99. The predicted octanol–water partition coefficient (Wildman–Crippen LogP) is 1.43. The molecule has 0 amide bonds. The SMILES string of the molecule is NC(CC(=O)O)C(=O)c1ccc(Br)cc1. The maximum absolute atomic E-state index is 11.6. The van der Waals surface area contributed by atoms with E-state index in [-0.39, 0.29) is 12.2 Å². The van der Waals surface area contributed by atoms with E-state index in [0.29, 0.717) is 5.56 Å². The summed E-state index contributed by atoms with van der Waals surface area (Å²) in [6.07, 6.45) is -0.352. The molecule has 1 aromatic carbocycles. The normalized spacial score (nSPS) is 12.1. The number of carboxylic acid groups (broad SMARTS) is 1. The maximum atomic E-state index is 11.6. The van der Waals surface area contributed by atoms with Crippen molar-refractivity contribution in [1.29, 1.82) is 0 Å². The van der Waals surface area contributed by atoms with Gasteiger partial charge in [0.25, 0.3) is 0 Å². The fourth-order valence-corrected chi connectivity index (χ4v) is 1.37. The number of aliphatic carboxylic acids is 1. The number of nitrogens with two attached hydrogens (primary N) is 1. The maximum Gasteiger partial charge on any atom is 0.305 e. The van der Waals surface area contributed by atoms with Crippen molar-refractivity contribution in [3.8, 4) is 0 Å². The topological polar surface area (TPSA) is 80.4 Å². The summed E-state index contributed by atoms with van der Waals surface area (Å²) < 4.78 is 0.853. The third kappa shape index (κ3) is 3.45. The predicted molar refractivity (Wildman–Crippen MR) is 58.7 cm³/mol. The van der Waals surface area contributed by atoms with Gasteiger partial charge in [-0.3, -0.25) is 9.59 Å². The van der Waals surface area contributed by atoms with Crippen LogP contribution in [-0.2, 0) is 4.79 Å². The Kier molecular flexibility index (Phi) is 3.99. The first-order valence-corrected chi connectivity index (χ1v) is 5.07. The molecule has 0 aliphatic carbocycles. The van der Waals surface area contributed by atoms with Gasteiger partial charge in [0.2, 0.25) is 0 Å². The number of carbonyl (C=O) groups is 2. The number of hydrogen-bond donors (Lipinski definition) is 2. The van der Waals surface area contributed by atoms with E-state index in [1.165, 1.54) is 0 Å². The van der Waals surface area contributed by atoms with Gasteiger partial charge in [-0.05, 0) is 12.1 Å². The van der Waals surface area contributed by atoms with E-state index in [4.69, 9.17) is 10.8 Å². The summed E-state index contributed by atoms with van der Waals surface area (Å²) in [5, 5.41) is 8.48. The molecule has 1 aromatic rings. The molecule has 3 N–H and O–H groups in total. The Hall–Kier alpha value is -1.20. The van der Waals surface area contributed by atoms with Crippen LogP contribution in [-0.4, -0.2) is 22.9 Å². The Morgan fingerprint density at radius 2 is 1.87 bits per heavy atom. The van der Waals surface area contributed by atoms with Gasteiger partial charge in [0, 0.05) is 10.0 Å². The van der Waals surface area contributed by atoms with Gasteiger partial charge >= 0.3 is 5.97 Å². The van der Waals surface area contributed by atoms with Crippen LogP contribution in [0.4, 0.5) is 0 Å². The van der Waals surface area contributed by atoms with E-state index in [9.17, 15) is 9.59 Å². The van der Waals surface area contributed by atoms with Crippen molar-refractivity contribution in [2.24, 2.45) is 5.73 Å². The van der Waals surface area contributed by atoms with E-state index in [1.807, 2.05) is 0 Å². The monoisotopic (exact) mass is 271 g/mol. The summed E-state index contributed by atoms with van der Waals surface area (Å²) in [5.41, 5.74) is 5.87. The van der Waals surface area contributed by atoms with Crippen LogP contribution in [0.2, 0.25) is 0 Å². The number of ketones is 1. The number of benzene rings is 1. The smallest absolute Gasteiger partial charge is 0.305 e. The molecule has 4 nitrogen and oxygen atoms in total. The van der Waals surface area contributed by atoms with E-state index >= 15 is 0 Å². The minimum absolute atomic E-state index is 0.352. The van der Waals surface area contributed by atoms with Gasteiger partial charge in [-0.15, -0.1) is 0 Å². The quantitative estimate of drug-likeness (QED) is 0.812. The Labute approximate surface area is 95.2 Å². The number of rotatable bonds is 4. The lowest BCUT2D eigenvalue weighted by Gasteiger charge is -2.07. The number of carbonyl (C=O) groups excluding carboxylic acids is 1. The van der Waals surface area contributed by atoms with Crippen LogP contribution in [0.15, 0.2) is 28.7 Å². The third-order valence-corrected chi connectivity index (χ3v) is 2.39. The molecule has 15 heavy (non-hydrogen) atoms. The molecule has 1 atom stereocenters. The first kappa shape index (κ1) is 11.9. The molecular formula is C10H10BrNO3. The first-order valence-electron chi connectivity index (χ1n) is 4.28. The van der Waals surface area contributed by atoms with Crippen molar-refractivity contribution >= 4 is 27.7 Å². The largest absolute Gasteiger partial charge is 0.481 e. The van der Waals surface area contributed by atoms with Crippen LogP contribution >= 0.6 is 15.9 Å². The first-order chi connectivity index (χ1) is 7.00. The summed E-state index contributed by atoms with van der Waals surface area (Å²) in [5.74, 6) is -1.43.